The van der Waals surface area contributed by atoms with E-state index >= 15 is 0 Å². The molecule has 2 heterocycles. The van der Waals surface area contributed by atoms with Gasteiger partial charge in [-0.1, -0.05) is 72.9 Å². The van der Waals surface area contributed by atoms with E-state index in [1.807, 2.05) is 35.7 Å². The summed E-state index contributed by atoms with van der Waals surface area (Å²) < 4.78 is 2.75. The first-order chi connectivity index (χ1) is 12.1. The fraction of sp³-hybridized carbons (Fsp3) is 0.143. The van der Waals surface area contributed by atoms with E-state index in [0.717, 1.165) is 44.8 Å². The van der Waals surface area contributed by atoms with E-state index < -0.39 is 0 Å². The van der Waals surface area contributed by atoms with Gasteiger partial charge in [-0.3, -0.25) is 5.10 Å². The molecule has 1 N–H and O–H groups in total. The highest BCUT2D eigenvalue weighted by molar-refractivity contribution is 7.71. The SMILES string of the molecule is Cc1nc2c(-c3ccccc3)c(C)[nH]n2c(=S)c1Cc1ccccc1. The maximum Gasteiger partial charge on any atom is 0.162 e. The van der Waals surface area contributed by atoms with Gasteiger partial charge >= 0.3 is 0 Å². The van der Waals surface area contributed by atoms with Crippen LogP contribution in [0.15, 0.2) is 60.7 Å². The standard InChI is InChI=1S/C21H19N3S/c1-14-18(13-16-9-5-3-6-10-16)21(25)24-20(22-14)19(15(2)23-24)17-11-7-4-8-12-17/h3-12,23H,13H2,1-2H3. The molecule has 0 atom stereocenters. The van der Waals surface area contributed by atoms with Gasteiger partial charge in [-0.05, 0) is 25.0 Å². The predicted octanol–water partition coefficient (Wildman–Crippen LogP) is 5.27. The second kappa shape index (κ2) is 6.30. The van der Waals surface area contributed by atoms with Crippen LogP contribution < -0.4 is 0 Å². The van der Waals surface area contributed by atoms with Crippen LogP contribution in [0.5, 0.6) is 0 Å². The Labute approximate surface area is 152 Å². The Hall–Kier alpha value is -2.72. The molecule has 0 fully saturated rings. The molecule has 0 spiro atoms. The van der Waals surface area contributed by atoms with Crippen LogP contribution in [0.25, 0.3) is 16.8 Å². The third-order valence-electron chi connectivity index (χ3n) is 4.55. The summed E-state index contributed by atoms with van der Waals surface area (Å²) in [5.41, 5.74) is 7.55. The van der Waals surface area contributed by atoms with Crippen LogP contribution in [0.2, 0.25) is 0 Å². The Kier molecular flexibility index (Phi) is 3.98. The lowest BCUT2D eigenvalue weighted by Gasteiger charge is -2.08. The molecule has 2 aromatic carbocycles. The van der Waals surface area contributed by atoms with Gasteiger partial charge in [0.05, 0.1) is 0 Å². The topological polar surface area (TPSA) is 33.1 Å². The van der Waals surface area contributed by atoms with Crippen molar-refractivity contribution in [1.29, 1.82) is 0 Å². The second-order valence-corrected chi connectivity index (χ2v) is 6.67. The van der Waals surface area contributed by atoms with E-state index in [2.05, 4.69) is 48.4 Å². The molecule has 2 aromatic heterocycles. The van der Waals surface area contributed by atoms with Gasteiger partial charge < -0.3 is 0 Å². The van der Waals surface area contributed by atoms with Crippen LogP contribution in [0.1, 0.15) is 22.5 Å². The summed E-state index contributed by atoms with van der Waals surface area (Å²) in [5.74, 6) is 0. The molecule has 3 nitrogen and oxygen atoms in total. The molecule has 0 unspecified atom stereocenters. The lowest BCUT2D eigenvalue weighted by atomic mass is 10.0. The number of rotatable bonds is 3. The minimum Gasteiger partial charge on any atom is -0.295 e. The van der Waals surface area contributed by atoms with Gasteiger partial charge in [0.1, 0.15) is 4.64 Å². The number of fused-ring (bicyclic) bond motifs is 1. The predicted molar refractivity (Wildman–Crippen MR) is 105 cm³/mol. The first-order valence-corrected chi connectivity index (χ1v) is 8.76. The van der Waals surface area contributed by atoms with Crippen molar-refractivity contribution in [2.75, 3.05) is 0 Å². The first-order valence-electron chi connectivity index (χ1n) is 8.35. The summed E-state index contributed by atoms with van der Waals surface area (Å²) in [7, 11) is 0. The van der Waals surface area contributed by atoms with Crippen LogP contribution >= 0.6 is 12.2 Å². The van der Waals surface area contributed by atoms with Gasteiger partial charge in [0.25, 0.3) is 0 Å². The van der Waals surface area contributed by atoms with Crippen molar-refractivity contribution in [2.45, 2.75) is 20.3 Å². The van der Waals surface area contributed by atoms with E-state index in [0.29, 0.717) is 0 Å². The van der Waals surface area contributed by atoms with E-state index in [9.17, 15) is 0 Å². The fourth-order valence-corrected chi connectivity index (χ4v) is 3.63. The van der Waals surface area contributed by atoms with E-state index in [4.69, 9.17) is 17.2 Å². The Balaban J connectivity index is 1.91. The molecule has 0 amide bonds. The first kappa shape index (κ1) is 15.8. The monoisotopic (exact) mass is 345 g/mol. The second-order valence-electron chi connectivity index (χ2n) is 6.28. The molecule has 0 aliphatic carbocycles. The van der Waals surface area contributed by atoms with Gasteiger partial charge in [-0.2, -0.15) is 0 Å². The number of aryl methyl sites for hydroxylation is 2. The average molecular weight is 345 g/mol. The van der Waals surface area contributed by atoms with E-state index in [1.54, 1.807) is 0 Å². The summed E-state index contributed by atoms with van der Waals surface area (Å²) in [5, 5.41) is 3.40. The summed E-state index contributed by atoms with van der Waals surface area (Å²) in [6, 6.07) is 20.7. The van der Waals surface area contributed by atoms with Crippen molar-refractivity contribution in [3.05, 3.63) is 87.8 Å². The number of aromatic nitrogens is 3. The van der Waals surface area contributed by atoms with Gasteiger partial charge in [0.2, 0.25) is 0 Å². The van der Waals surface area contributed by atoms with E-state index in [1.165, 1.54) is 5.56 Å². The number of H-pyrrole nitrogens is 1. The number of aromatic amines is 1. The maximum absolute atomic E-state index is 5.79. The van der Waals surface area contributed by atoms with Crippen molar-refractivity contribution >= 4 is 17.9 Å². The lowest BCUT2D eigenvalue weighted by Crippen LogP contribution is -2.03. The molecule has 0 radical (unpaired) electrons. The van der Waals surface area contributed by atoms with Gasteiger partial charge in [-0.25, -0.2) is 9.50 Å². The summed E-state index contributed by atoms with van der Waals surface area (Å²) in [6.45, 7) is 4.11. The molecule has 4 aromatic rings. The Bertz CT molecular complexity index is 1090. The molecular formula is C21H19N3S. The fourth-order valence-electron chi connectivity index (χ4n) is 3.28. The Morgan fingerprint density at radius 3 is 2.28 bits per heavy atom. The molecule has 25 heavy (non-hydrogen) atoms. The minimum atomic E-state index is 0.792. The quantitative estimate of drug-likeness (QED) is 0.513. The van der Waals surface area contributed by atoms with Gasteiger partial charge in [-0.15, -0.1) is 0 Å². The number of hydrogen-bond acceptors (Lipinski definition) is 2. The number of nitrogens with one attached hydrogen (secondary N) is 1. The lowest BCUT2D eigenvalue weighted by molar-refractivity contribution is 0.871. The van der Waals surface area contributed by atoms with Crippen LogP contribution in [-0.2, 0) is 6.42 Å². The minimum absolute atomic E-state index is 0.792. The number of nitrogens with zero attached hydrogens (tertiary/aromatic N) is 2. The zero-order chi connectivity index (χ0) is 17.4. The molecule has 0 aliphatic heterocycles. The molecule has 0 saturated heterocycles. The molecule has 4 rings (SSSR count). The zero-order valence-electron chi connectivity index (χ0n) is 14.3. The summed E-state index contributed by atoms with van der Waals surface area (Å²) >= 11 is 5.79. The van der Waals surface area contributed by atoms with Crippen molar-refractivity contribution in [3.63, 3.8) is 0 Å². The van der Waals surface area contributed by atoms with Crippen molar-refractivity contribution < 1.29 is 0 Å². The summed E-state index contributed by atoms with van der Waals surface area (Å²) in [4.78, 5) is 4.89. The van der Waals surface area contributed by atoms with Crippen molar-refractivity contribution in [3.8, 4) is 11.1 Å². The van der Waals surface area contributed by atoms with Crippen LogP contribution in [-0.4, -0.2) is 14.6 Å². The van der Waals surface area contributed by atoms with Crippen molar-refractivity contribution in [2.24, 2.45) is 0 Å². The smallest absolute Gasteiger partial charge is 0.162 e. The van der Waals surface area contributed by atoms with Gasteiger partial charge in [0, 0.05) is 28.9 Å². The maximum atomic E-state index is 5.79. The highest BCUT2D eigenvalue weighted by atomic mass is 32.1. The largest absolute Gasteiger partial charge is 0.295 e. The third-order valence-corrected chi connectivity index (χ3v) is 4.98. The average Bonchev–Trinajstić information content (AvgIpc) is 2.96. The Morgan fingerprint density at radius 2 is 1.60 bits per heavy atom. The summed E-state index contributed by atoms with van der Waals surface area (Å²) in [6.07, 6.45) is 0.792. The normalized spacial score (nSPS) is 11.1. The molecule has 4 heteroatoms. The molecule has 0 aliphatic rings. The molecule has 0 bridgehead atoms. The van der Waals surface area contributed by atoms with Crippen LogP contribution in [0.3, 0.4) is 0 Å². The Morgan fingerprint density at radius 1 is 0.960 bits per heavy atom. The number of hydrogen-bond donors (Lipinski definition) is 1. The number of benzene rings is 2. The molecule has 124 valence electrons. The molecular weight excluding hydrogens is 326 g/mol. The highest BCUT2D eigenvalue weighted by Crippen LogP contribution is 2.28. The zero-order valence-corrected chi connectivity index (χ0v) is 15.1. The van der Waals surface area contributed by atoms with Crippen LogP contribution in [0, 0.1) is 18.5 Å². The molecule has 0 saturated carbocycles. The van der Waals surface area contributed by atoms with Crippen LogP contribution in [0.4, 0.5) is 0 Å². The van der Waals surface area contributed by atoms with Crippen molar-refractivity contribution in [1.82, 2.24) is 14.6 Å². The van der Waals surface area contributed by atoms with E-state index in [-0.39, 0.29) is 0 Å². The van der Waals surface area contributed by atoms with Gasteiger partial charge in [0.15, 0.2) is 5.65 Å². The highest BCUT2D eigenvalue weighted by Gasteiger charge is 2.15. The third kappa shape index (κ3) is 2.79.